The Morgan fingerprint density at radius 1 is 1.17 bits per heavy atom. The zero-order valence-corrected chi connectivity index (χ0v) is 14.2. The maximum absolute atomic E-state index is 12.5. The summed E-state index contributed by atoms with van der Waals surface area (Å²) >= 11 is 1.57. The zero-order valence-electron chi connectivity index (χ0n) is 13.3. The zero-order chi connectivity index (χ0) is 16.5. The Morgan fingerprint density at radius 3 is 2.75 bits per heavy atom. The van der Waals surface area contributed by atoms with Gasteiger partial charge in [-0.15, -0.1) is 11.3 Å². The number of anilines is 1. The van der Waals surface area contributed by atoms with Crippen LogP contribution in [-0.2, 0) is 12.8 Å². The van der Waals surface area contributed by atoms with Crippen LogP contribution in [0.3, 0.4) is 0 Å². The molecule has 0 saturated heterocycles. The lowest BCUT2D eigenvalue weighted by molar-refractivity contribution is 0.102. The van der Waals surface area contributed by atoms with E-state index >= 15 is 0 Å². The number of hydrogen-bond donors (Lipinski definition) is 1. The molecular weight excluding hydrogens is 322 g/mol. The maximum atomic E-state index is 12.5. The number of thiazole rings is 1. The van der Waals surface area contributed by atoms with E-state index in [0.717, 1.165) is 24.1 Å². The summed E-state index contributed by atoms with van der Waals surface area (Å²) in [5, 5.41) is 3.52. The molecule has 6 heteroatoms. The highest BCUT2D eigenvalue weighted by Crippen LogP contribution is 2.30. The third-order valence-corrected chi connectivity index (χ3v) is 5.17. The van der Waals surface area contributed by atoms with Gasteiger partial charge >= 0.3 is 0 Å². The smallest absolute Gasteiger partial charge is 0.279 e. The van der Waals surface area contributed by atoms with Crippen LogP contribution in [0.5, 0.6) is 0 Å². The molecule has 1 amide bonds. The molecule has 0 aliphatic heterocycles. The minimum absolute atomic E-state index is 0.274. The van der Waals surface area contributed by atoms with Gasteiger partial charge in [-0.2, -0.15) is 0 Å². The van der Waals surface area contributed by atoms with E-state index in [0.29, 0.717) is 22.5 Å². The van der Waals surface area contributed by atoms with Gasteiger partial charge in [0.05, 0.1) is 5.69 Å². The Hall–Kier alpha value is -2.47. The van der Waals surface area contributed by atoms with Crippen LogP contribution in [0.1, 0.15) is 39.7 Å². The van der Waals surface area contributed by atoms with E-state index in [9.17, 15) is 4.79 Å². The fourth-order valence-electron chi connectivity index (χ4n) is 2.87. The lowest BCUT2D eigenvalue weighted by atomic mass is 10.0. The molecule has 4 rings (SSSR count). The van der Waals surface area contributed by atoms with E-state index in [4.69, 9.17) is 4.42 Å². The van der Waals surface area contributed by atoms with Crippen molar-refractivity contribution in [2.24, 2.45) is 0 Å². The standard InChI is InChI=1S/C18H17N3O2S/c1-11-15(20-17(23-11)12-7-3-2-4-8-12)16(22)21-18-19-13-9-5-6-10-14(13)24-18/h2-4,7-8H,5-6,9-10H2,1H3,(H,19,21,22). The Labute approximate surface area is 143 Å². The molecule has 0 atom stereocenters. The van der Waals surface area contributed by atoms with Crippen molar-refractivity contribution in [1.82, 2.24) is 9.97 Å². The second kappa shape index (κ2) is 6.20. The Bertz CT molecular complexity index is 860. The topological polar surface area (TPSA) is 68.0 Å². The number of rotatable bonds is 3. The summed E-state index contributed by atoms with van der Waals surface area (Å²) in [6.07, 6.45) is 4.44. The predicted molar refractivity (Wildman–Crippen MR) is 93.4 cm³/mol. The summed E-state index contributed by atoms with van der Waals surface area (Å²) in [7, 11) is 0. The third kappa shape index (κ3) is 2.85. The molecule has 1 aromatic carbocycles. The van der Waals surface area contributed by atoms with Gasteiger partial charge in [-0.05, 0) is 44.7 Å². The van der Waals surface area contributed by atoms with Crippen molar-refractivity contribution in [3.63, 3.8) is 0 Å². The number of hydrogen-bond acceptors (Lipinski definition) is 5. The maximum Gasteiger partial charge on any atom is 0.279 e. The molecular formula is C18H17N3O2S. The number of benzene rings is 1. The Morgan fingerprint density at radius 2 is 1.96 bits per heavy atom. The molecule has 1 aliphatic carbocycles. The van der Waals surface area contributed by atoms with Gasteiger partial charge in [-0.25, -0.2) is 9.97 Å². The largest absolute Gasteiger partial charge is 0.441 e. The number of nitrogens with zero attached hydrogens (tertiary/aromatic N) is 2. The highest BCUT2D eigenvalue weighted by atomic mass is 32.1. The van der Waals surface area contributed by atoms with Crippen LogP contribution in [0.15, 0.2) is 34.7 Å². The number of amides is 1. The van der Waals surface area contributed by atoms with E-state index in [1.807, 2.05) is 30.3 Å². The van der Waals surface area contributed by atoms with Crippen molar-refractivity contribution in [2.45, 2.75) is 32.6 Å². The first kappa shape index (κ1) is 15.1. The second-order valence-corrected chi connectivity index (χ2v) is 6.92. The van der Waals surface area contributed by atoms with Gasteiger partial charge in [0, 0.05) is 10.4 Å². The van der Waals surface area contributed by atoms with Crippen LogP contribution in [0.2, 0.25) is 0 Å². The van der Waals surface area contributed by atoms with Crippen LogP contribution < -0.4 is 5.32 Å². The molecule has 5 nitrogen and oxygen atoms in total. The van der Waals surface area contributed by atoms with Crippen molar-refractivity contribution >= 4 is 22.4 Å². The van der Waals surface area contributed by atoms with Crippen LogP contribution in [0.4, 0.5) is 5.13 Å². The highest BCUT2D eigenvalue weighted by molar-refractivity contribution is 7.15. The number of carbonyl (C=O) groups is 1. The van der Waals surface area contributed by atoms with Crippen LogP contribution in [0, 0.1) is 6.92 Å². The van der Waals surface area contributed by atoms with Crippen molar-refractivity contribution in [1.29, 1.82) is 0 Å². The first-order valence-corrected chi connectivity index (χ1v) is 8.85. The van der Waals surface area contributed by atoms with E-state index in [2.05, 4.69) is 15.3 Å². The van der Waals surface area contributed by atoms with E-state index < -0.39 is 0 Å². The van der Waals surface area contributed by atoms with E-state index in [1.165, 1.54) is 17.7 Å². The summed E-state index contributed by atoms with van der Waals surface area (Å²) in [5.74, 6) is 0.689. The lowest BCUT2D eigenvalue weighted by Gasteiger charge is -2.06. The van der Waals surface area contributed by atoms with Gasteiger partial charge < -0.3 is 4.42 Å². The Kier molecular flexibility index (Phi) is 3.90. The van der Waals surface area contributed by atoms with Gasteiger partial charge in [0.2, 0.25) is 5.89 Å². The van der Waals surface area contributed by atoms with E-state index in [1.54, 1.807) is 18.3 Å². The minimum atomic E-state index is -0.274. The number of carbonyl (C=O) groups excluding carboxylic acids is 1. The van der Waals surface area contributed by atoms with Crippen molar-refractivity contribution in [2.75, 3.05) is 5.32 Å². The normalized spacial score (nSPS) is 13.5. The molecule has 2 aromatic heterocycles. The van der Waals surface area contributed by atoms with Crippen molar-refractivity contribution in [3.8, 4) is 11.5 Å². The van der Waals surface area contributed by atoms with Gasteiger partial charge in [0.15, 0.2) is 10.8 Å². The van der Waals surface area contributed by atoms with Crippen molar-refractivity contribution in [3.05, 3.63) is 52.4 Å². The average Bonchev–Trinajstić information content (AvgIpc) is 3.18. The van der Waals surface area contributed by atoms with Gasteiger partial charge in [0.1, 0.15) is 5.76 Å². The first-order valence-electron chi connectivity index (χ1n) is 8.03. The Balaban J connectivity index is 1.56. The number of nitrogens with one attached hydrogen (secondary N) is 1. The number of oxazole rings is 1. The molecule has 3 aromatic rings. The number of aryl methyl sites for hydroxylation is 3. The summed E-state index contributed by atoms with van der Waals surface area (Å²) in [5.41, 5.74) is 2.29. The van der Waals surface area contributed by atoms with Crippen molar-refractivity contribution < 1.29 is 9.21 Å². The SMILES string of the molecule is Cc1oc(-c2ccccc2)nc1C(=O)Nc1nc2c(s1)CCCC2. The molecule has 0 radical (unpaired) electrons. The molecule has 1 aliphatic rings. The van der Waals surface area contributed by atoms with Gasteiger partial charge in [-0.3, -0.25) is 10.1 Å². The van der Waals surface area contributed by atoms with Crippen LogP contribution >= 0.6 is 11.3 Å². The predicted octanol–water partition coefficient (Wildman–Crippen LogP) is 4.24. The quantitative estimate of drug-likeness (QED) is 0.775. The fourth-order valence-corrected chi connectivity index (χ4v) is 3.92. The highest BCUT2D eigenvalue weighted by Gasteiger charge is 2.21. The van der Waals surface area contributed by atoms with Gasteiger partial charge in [-0.1, -0.05) is 18.2 Å². The molecule has 0 bridgehead atoms. The fraction of sp³-hybridized carbons (Fsp3) is 0.278. The molecule has 24 heavy (non-hydrogen) atoms. The third-order valence-electron chi connectivity index (χ3n) is 4.10. The molecule has 0 saturated carbocycles. The lowest BCUT2D eigenvalue weighted by Crippen LogP contribution is -2.13. The monoisotopic (exact) mass is 339 g/mol. The van der Waals surface area contributed by atoms with Crippen LogP contribution in [-0.4, -0.2) is 15.9 Å². The molecule has 122 valence electrons. The average molecular weight is 339 g/mol. The minimum Gasteiger partial charge on any atom is -0.441 e. The summed E-state index contributed by atoms with van der Waals surface area (Å²) in [6, 6.07) is 9.56. The molecule has 1 N–H and O–H groups in total. The van der Waals surface area contributed by atoms with Crippen LogP contribution in [0.25, 0.3) is 11.5 Å². The number of fused-ring (bicyclic) bond motifs is 1. The summed E-state index contributed by atoms with van der Waals surface area (Å²) < 4.78 is 5.65. The summed E-state index contributed by atoms with van der Waals surface area (Å²) in [6.45, 7) is 1.75. The summed E-state index contributed by atoms with van der Waals surface area (Å²) in [4.78, 5) is 22.7. The number of aromatic nitrogens is 2. The molecule has 0 fully saturated rings. The second-order valence-electron chi connectivity index (χ2n) is 5.84. The molecule has 2 heterocycles. The first-order chi connectivity index (χ1) is 11.7. The van der Waals surface area contributed by atoms with Gasteiger partial charge in [0.25, 0.3) is 5.91 Å². The van der Waals surface area contributed by atoms with E-state index in [-0.39, 0.29) is 5.91 Å². The molecule has 0 unspecified atom stereocenters. The molecule has 0 spiro atoms.